The van der Waals surface area contributed by atoms with Crippen molar-refractivity contribution in [2.45, 2.75) is 6.54 Å². The van der Waals surface area contributed by atoms with Crippen molar-refractivity contribution in [1.29, 1.82) is 0 Å². The first-order chi connectivity index (χ1) is 6.83. The molecule has 2 heterocycles. The van der Waals surface area contributed by atoms with Crippen LogP contribution in [0.25, 0.3) is 11.2 Å². The number of nitrogens with zero attached hydrogens (tertiary/aromatic N) is 2. The van der Waals surface area contributed by atoms with Crippen LogP contribution in [-0.4, -0.2) is 28.3 Å². The Kier molecular flexibility index (Phi) is 2.32. The van der Waals surface area contributed by atoms with Crippen LogP contribution in [-0.2, 0) is 11.3 Å². The number of fused-ring (bicyclic) bond motifs is 1. The third-order valence-corrected chi connectivity index (χ3v) is 2.05. The summed E-state index contributed by atoms with van der Waals surface area (Å²) >= 11 is 0. The summed E-state index contributed by atoms with van der Waals surface area (Å²) in [6.45, 7) is 1.02. The van der Waals surface area contributed by atoms with E-state index in [0.717, 1.165) is 5.52 Å². The molecule has 0 aliphatic rings. The van der Waals surface area contributed by atoms with Gasteiger partial charge in [-0.05, 0) is 12.1 Å². The van der Waals surface area contributed by atoms with Gasteiger partial charge in [-0.3, -0.25) is 4.57 Å². The highest BCUT2D eigenvalue weighted by atomic mass is 16.5. The molecule has 0 aliphatic heterocycles. The third-order valence-electron chi connectivity index (χ3n) is 2.05. The molecule has 0 fully saturated rings. The Labute approximate surface area is 80.3 Å². The molecule has 0 bridgehead atoms. The van der Waals surface area contributed by atoms with Crippen molar-refractivity contribution in [2.75, 3.05) is 13.7 Å². The number of rotatable bonds is 3. The van der Waals surface area contributed by atoms with Gasteiger partial charge in [0.2, 0.25) is 0 Å². The lowest BCUT2D eigenvalue weighted by Gasteiger charge is -1.99. The van der Waals surface area contributed by atoms with Crippen LogP contribution in [0.5, 0.6) is 0 Å². The van der Waals surface area contributed by atoms with E-state index in [9.17, 15) is 4.79 Å². The highest BCUT2D eigenvalue weighted by Gasteiger charge is 2.05. The molecule has 5 nitrogen and oxygen atoms in total. The van der Waals surface area contributed by atoms with Crippen molar-refractivity contribution in [3.8, 4) is 0 Å². The minimum absolute atomic E-state index is 0.143. The van der Waals surface area contributed by atoms with E-state index < -0.39 is 0 Å². The summed E-state index contributed by atoms with van der Waals surface area (Å²) in [5, 5.41) is 0. The zero-order valence-electron chi connectivity index (χ0n) is 7.86. The average molecular weight is 193 g/mol. The first-order valence-electron chi connectivity index (χ1n) is 4.35. The number of nitrogens with one attached hydrogen (secondary N) is 1. The fraction of sp³-hybridized carbons (Fsp3) is 0.333. The van der Waals surface area contributed by atoms with E-state index in [0.29, 0.717) is 18.8 Å². The molecular formula is C9H11N3O2. The number of methoxy groups -OCH3 is 1. The Morgan fingerprint density at radius 2 is 2.50 bits per heavy atom. The molecule has 0 radical (unpaired) electrons. The lowest BCUT2D eigenvalue weighted by atomic mass is 10.4. The van der Waals surface area contributed by atoms with E-state index in [2.05, 4.69) is 9.97 Å². The molecule has 0 saturated carbocycles. The maximum Gasteiger partial charge on any atom is 0.327 e. The number of imidazole rings is 1. The van der Waals surface area contributed by atoms with Gasteiger partial charge in [0.05, 0.1) is 18.7 Å². The molecule has 1 N–H and O–H groups in total. The first kappa shape index (κ1) is 8.96. The van der Waals surface area contributed by atoms with Crippen LogP contribution >= 0.6 is 0 Å². The number of hydrogen-bond acceptors (Lipinski definition) is 3. The van der Waals surface area contributed by atoms with E-state index in [1.165, 1.54) is 0 Å². The molecule has 2 rings (SSSR count). The van der Waals surface area contributed by atoms with Crippen molar-refractivity contribution in [1.82, 2.24) is 14.5 Å². The second kappa shape index (κ2) is 3.63. The van der Waals surface area contributed by atoms with Crippen LogP contribution in [0, 0.1) is 0 Å². The number of hydrogen-bond donors (Lipinski definition) is 1. The Morgan fingerprint density at radius 1 is 1.64 bits per heavy atom. The summed E-state index contributed by atoms with van der Waals surface area (Å²) in [6, 6.07) is 3.62. The summed E-state index contributed by atoms with van der Waals surface area (Å²) in [4.78, 5) is 18.3. The van der Waals surface area contributed by atoms with Crippen molar-refractivity contribution in [3.63, 3.8) is 0 Å². The molecular weight excluding hydrogens is 182 g/mol. The maximum atomic E-state index is 11.5. The second-order valence-corrected chi connectivity index (χ2v) is 2.95. The van der Waals surface area contributed by atoms with Crippen LogP contribution in [0.4, 0.5) is 0 Å². The number of H-pyrrole nitrogens is 1. The van der Waals surface area contributed by atoms with E-state index in [1.54, 1.807) is 23.9 Å². The topological polar surface area (TPSA) is 59.9 Å². The van der Waals surface area contributed by atoms with Crippen LogP contribution in [0.15, 0.2) is 23.1 Å². The second-order valence-electron chi connectivity index (χ2n) is 2.95. The van der Waals surface area contributed by atoms with Gasteiger partial charge in [-0.25, -0.2) is 9.78 Å². The molecule has 0 amide bonds. The summed E-state index contributed by atoms with van der Waals surface area (Å²) < 4.78 is 6.49. The van der Waals surface area contributed by atoms with Gasteiger partial charge in [0.15, 0.2) is 5.65 Å². The summed E-state index contributed by atoms with van der Waals surface area (Å²) in [5.41, 5.74) is 1.29. The summed E-state index contributed by atoms with van der Waals surface area (Å²) in [7, 11) is 1.60. The van der Waals surface area contributed by atoms with Crippen LogP contribution < -0.4 is 5.69 Å². The molecule has 74 valence electrons. The Bertz CT molecular complexity index is 486. The lowest BCUT2D eigenvalue weighted by molar-refractivity contribution is 0.187. The van der Waals surface area contributed by atoms with Gasteiger partial charge in [0.1, 0.15) is 0 Å². The smallest absolute Gasteiger partial charge is 0.327 e. The van der Waals surface area contributed by atoms with Gasteiger partial charge in [-0.2, -0.15) is 0 Å². The normalized spacial score (nSPS) is 10.9. The fourth-order valence-electron chi connectivity index (χ4n) is 1.38. The molecule has 2 aromatic rings. The van der Waals surface area contributed by atoms with Gasteiger partial charge in [-0.1, -0.05) is 0 Å². The predicted molar refractivity (Wildman–Crippen MR) is 52.2 cm³/mol. The molecule has 0 atom stereocenters. The van der Waals surface area contributed by atoms with Gasteiger partial charge in [0.25, 0.3) is 0 Å². The molecule has 0 unspecified atom stereocenters. The minimum Gasteiger partial charge on any atom is -0.383 e. The van der Waals surface area contributed by atoms with Crippen molar-refractivity contribution >= 4 is 11.2 Å². The standard InChI is InChI=1S/C9H11N3O2/c1-14-6-5-12-8-7(11-9(12)13)3-2-4-10-8/h2-4H,5-6H2,1H3,(H,11,13). The van der Waals surface area contributed by atoms with Crippen LogP contribution in [0.3, 0.4) is 0 Å². The van der Waals surface area contributed by atoms with Crippen molar-refractivity contribution < 1.29 is 4.74 Å². The Morgan fingerprint density at radius 3 is 3.29 bits per heavy atom. The van der Waals surface area contributed by atoms with E-state index in [4.69, 9.17) is 4.74 Å². The van der Waals surface area contributed by atoms with Crippen molar-refractivity contribution in [2.24, 2.45) is 0 Å². The maximum absolute atomic E-state index is 11.5. The van der Waals surface area contributed by atoms with Gasteiger partial charge in [-0.15, -0.1) is 0 Å². The number of pyridine rings is 1. The largest absolute Gasteiger partial charge is 0.383 e. The predicted octanol–water partition coefficient (Wildman–Crippen LogP) is 0.371. The molecule has 0 aromatic carbocycles. The molecule has 5 heteroatoms. The summed E-state index contributed by atoms with van der Waals surface area (Å²) in [6.07, 6.45) is 1.67. The first-order valence-corrected chi connectivity index (χ1v) is 4.35. The van der Waals surface area contributed by atoms with Gasteiger partial charge < -0.3 is 9.72 Å². The number of aromatic nitrogens is 3. The molecule has 2 aromatic heterocycles. The molecule has 0 aliphatic carbocycles. The number of ether oxygens (including phenoxy) is 1. The molecule has 0 spiro atoms. The Balaban J connectivity index is 2.51. The van der Waals surface area contributed by atoms with E-state index in [-0.39, 0.29) is 5.69 Å². The molecule has 0 saturated heterocycles. The van der Waals surface area contributed by atoms with E-state index >= 15 is 0 Å². The van der Waals surface area contributed by atoms with Gasteiger partial charge in [0, 0.05) is 13.3 Å². The van der Waals surface area contributed by atoms with E-state index in [1.807, 2.05) is 6.07 Å². The minimum atomic E-state index is -0.143. The molecule has 14 heavy (non-hydrogen) atoms. The van der Waals surface area contributed by atoms with Crippen LogP contribution in [0.1, 0.15) is 0 Å². The highest BCUT2D eigenvalue weighted by molar-refractivity contribution is 5.69. The Hall–Kier alpha value is -1.62. The SMILES string of the molecule is COCCn1c(=O)[nH]c2cccnc21. The monoisotopic (exact) mass is 193 g/mol. The van der Waals surface area contributed by atoms with Gasteiger partial charge >= 0.3 is 5.69 Å². The zero-order valence-corrected chi connectivity index (χ0v) is 7.86. The zero-order chi connectivity index (χ0) is 9.97. The number of aromatic amines is 1. The average Bonchev–Trinajstić information content (AvgIpc) is 2.51. The third kappa shape index (κ3) is 1.42. The summed E-state index contributed by atoms with van der Waals surface area (Å²) in [5.74, 6) is 0. The highest BCUT2D eigenvalue weighted by Crippen LogP contribution is 2.04. The quantitative estimate of drug-likeness (QED) is 0.766. The van der Waals surface area contributed by atoms with Crippen LogP contribution in [0.2, 0.25) is 0 Å². The lowest BCUT2D eigenvalue weighted by Crippen LogP contribution is -2.19. The van der Waals surface area contributed by atoms with Crippen molar-refractivity contribution in [3.05, 3.63) is 28.8 Å². The fourth-order valence-corrected chi connectivity index (χ4v) is 1.38.